The Hall–Kier alpha value is -0.830. The number of piperidine rings is 1. The van der Waals surface area contributed by atoms with Gasteiger partial charge in [0.15, 0.2) is 0 Å². The van der Waals surface area contributed by atoms with E-state index < -0.39 is 0 Å². The SMILES string of the molecule is CC(C)=CC(=O)N(CC1CCNCC1)C1CC1. The number of hydrogen-bond donors (Lipinski definition) is 1. The van der Waals surface area contributed by atoms with Crippen LogP contribution in [0.5, 0.6) is 0 Å². The lowest BCUT2D eigenvalue weighted by atomic mass is 9.97. The summed E-state index contributed by atoms with van der Waals surface area (Å²) in [5.74, 6) is 0.928. The molecule has 1 heterocycles. The zero-order valence-corrected chi connectivity index (χ0v) is 11.0. The molecule has 0 spiro atoms. The van der Waals surface area contributed by atoms with E-state index in [1.54, 1.807) is 6.08 Å². The highest BCUT2D eigenvalue weighted by Gasteiger charge is 2.33. The summed E-state index contributed by atoms with van der Waals surface area (Å²) in [4.78, 5) is 14.3. The second kappa shape index (κ2) is 5.67. The molecule has 0 unspecified atom stereocenters. The van der Waals surface area contributed by atoms with Gasteiger partial charge < -0.3 is 10.2 Å². The largest absolute Gasteiger partial charge is 0.336 e. The predicted octanol–water partition coefficient (Wildman–Crippen LogP) is 1.94. The number of nitrogens with one attached hydrogen (secondary N) is 1. The van der Waals surface area contributed by atoms with Crippen LogP contribution >= 0.6 is 0 Å². The number of rotatable bonds is 4. The quantitative estimate of drug-likeness (QED) is 0.757. The molecule has 0 bridgehead atoms. The number of allylic oxidation sites excluding steroid dienone is 1. The van der Waals surface area contributed by atoms with Gasteiger partial charge in [0, 0.05) is 18.7 Å². The average molecular weight is 236 g/mol. The van der Waals surface area contributed by atoms with Crippen LogP contribution in [0.15, 0.2) is 11.6 Å². The van der Waals surface area contributed by atoms with Gasteiger partial charge in [-0.25, -0.2) is 0 Å². The van der Waals surface area contributed by atoms with Gasteiger partial charge in [0.05, 0.1) is 0 Å². The summed E-state index contributed by atoms with van der Waals surface area (Å²) in [5.41, 5.74) is 1.10. The number of nitrogens with zero attached hydrogens (tertiary/aromatic N) is 1. The van der Waals surface area contributed by atoms with Crippen molar-refractivity contribution in [3.8, 4) is 0 Å². The topological polar surface area (TPSA) is 32.3 Å². The van der Waals surface area contributed by atoms with E-state index in [1.165, 1.54) is 25.7 Å². The fraction of sp³-hybridized carbons (Fsp3) is 0.786. The van der Waals surface area contributed by atoms with E-state index in [0.717, 1.165) is 25.2 Å². The highest BCUT2D eigenvalue weighted by atomic mass is 16.2. The minimum absolute atomic E-state index is 0.228. The maximum Gasteiger partial charge on any atom is 0.246 e. The van der Waals surface area contributed by atoms with Gasteiger partial charge in [0.2, 0.25) is 5.91 Å². The van der Waals surface area contributed by atoms with Crippen LogP contribution in [0.25, 0.3) is 0 Å². The Morgan fingerprint density at radius 1 is 1.24 bits per heavy atom. The number of carbonyl (C=O) groups excluding carboxylic acids is 1. The van der Waals surface area contributed by atoms with Crippen LogP contribution in [0.4, 0.5) is 0 Å². The Labute approximate surface area is 104 Å². The summed E-state index contributed by atoms with van der Waals surface area (Å²) >= 11 is 0. The van der Waals surface area contributed by atoms with Crippen LogP contribution in [0.3, 0.4) is 0 Å². The van der Waals surface area contributed by atoms with Crippen molar-refractivity contribution in [1.29, 1.82) is 0 Å². The van der Waals surface area contributed by atoms with Gasteiger partial charge in [-0.05, 0) is 58.5 Å². The molecular weight excluding hydrogens is 212 g/mol. The molecule has 0 aromatic rings. The van der Waals surface area contributed by atoms with Gasteiger partial charge in [0.1, 0.15) is 0 Å². The molecule has 0 atom stereocenters. The van der Waals surface area contributed by atoms with Crippen LogP contribution < -0.4 is 5.32 Å². The van der Waals surface area contributed by atoms with Gasteiger partial charge >= 0.3 is 0 Å². The summed E-state index contributed by atoms with van der Waals surface area (Å²) in [6.45, 7) is 7.18. The highest BCUT2D eigenvalue weighted by molar-refractivity contribution is 5.88. The molecule has 3 heteroatoms. The summed E-state index contributed by atoms with van der Waals surface area (Å²) in [6, 6.07) is 0.535. The lowest BCUT2D eigenvalue weighted by Crippen LogP contribution is -2.40. The Morgan fingerprint density at radius 3 is 2.41 bits per heavy atom. The first-order valence-electron chi connectivity index (χ1n) is 6.83. The monoisotopic (exact) mass is 236 g/mol. The summed E-state index contributed by atoms with van der Waals surface area (Å²) in [7, 11) is 0. The van der Waals surface area contributed by atoms with Crippen molar-refractivity contribution < 1.29 is 4.79 Å². The molecule has 1 saturated carbocycles. The lowest BCUT2D eigenvalue weighted by Gasteiger charge is -2.29. The molecule has 0 aromatic heterocycles. The van der Waals surface area contributed by atoms with E-state index in [4.69, 9.17) is 0 Å². The molecular formula is C14H24N2O. The standard InChI is InChI=1S/C14H24N2O/c1-11(2)9-14(17)16(13-3-4-13)10-12-5-7-15-8-6-12/h9,12-13,15H,3-8,10H2,1-2H3. The maximum absolute atomic E-state index is 12.1. The van der Waals surface area contributed by atoms with Crippen LogP contribution in [0.2, 0.25) is 0 Å². The van der Waals surface area contributed by atoms with E-state index in [2.05, 4.69) is 10.2 Å². The molecule has 1 aliphatic heterocycles. The Morgan fingerprint density at radius 2 is 1.88 bits per heavy atom. The molecule has 0 radical (unpaired) electrons. The first kappa shape index (κ1) is 12.6. The minimum Gasteiger partial charge on any atom is -0.336 e. The number of amides is 1. The van der Waals surface area contributed by atoms with Crippen molar-refractivity contribution in [2.75, 3.05) is 19.6 Å². The third kappa shape index (κ3) is 3.84. The zero-order chi connectivity index (χ0) is 12.3. The zero-order valence-electron chi connectivity index (χ0n) is 11.0. The van der Waals surface area contributed by atoms with Crippen molar-refractivity contribution in [3.05, 3.63) is 11.6 Å². The maximum atomic E-state index is 12.1. The second-order valence-corrected chi connectivity index (χ2v) is 5.64. The highest BCUT2D eigenvalue weighted by Crippen LogP contribution is 2.29. The van der Waals surface area contributed by atoms with Crippen LogP contribution in [0.1, 0.15) is 39.5 Å². The van der Waals surface area contributed by atoms with E-state index in [1.807, 2.05) is 13.8 Å². The van der Waals surface area contributed by atoms with E-state index >= 15 is 0 Å². The smallest absolute Gasteiger partial charge is 0.246 e. The molecule has 1 N–H and O–H groups in total. The molecule has 17 heavy (non-hydrogen) atoms. The summed E-state index contributed by atoms with van der Waals surface area (Å²) in [5, 5.41) is 3.38. The van der Waals surface area contributed by atoms with Crippen LogP contribution in [-0.2, 0) is 4.79 Å². The van der Waals surface area contributed by atoms with Crippen molar-refractivity contribution >= 4 is 5.91 Å². The Bertz CT molecular complexity index is 297. The average Bonchev–Trinajstić information content (AvgIpc) is 3.10. The van der Waals surface area contributed by atoms with E-state index in [9.17, 15) is 4.79 Å². The van der Waals surface area contributed by atoms with E-state index in [0.29, 0.717) is 12.0 Å². The second-order valence-electron chi connectivity index (χ2n) is 5.64. The molecule has 96 valence electrons. The molecule has 0 aromatic carbocycles. The lowest BCUT2D eigenvalue weighted by molar-refractivity contribution is -0.127. The predicted molar refractivity (Wildman–Crippen MR) is 69.8 cm³/mol. The van der Waals surface area contributed by atoms with E-state index in [-0.39, 0.29) is 5.91 Å². The third-order valence-electron chi connectivity index (χ3n) is 3.60. The molecule has 1 amide bonds. The molecule has 2 rings (SSSR count). The van der Waals surface area contributed by atoms with Gasteiger partial charge in [-0.3, -0.25) is 4.79 Å². The van der Waals surface area contributed by atoms with Crippen molar-refractivity contribution in [2.24, 2.45) is 5.92 Å². The summed E-state index contributed by atoms with van der Waals surface area (Å²) < 4.78 is 0. The van der Waals surface area contributed by atoms with Crippen molar-refractivity contribution in [3.63, 3.8) is 0 Å². The fourth-order valence-corrected chi connectivity index (χ4v) is 2.48. The normalized spacial score (nSPS) is 21.1. The van der Waals surface area contributed by atoms with Crippen molar-refractivity contribution in [1.82, 2.24) is 10.2 Å². The molecule has 1 saturated heterocycles. The Kier molecular flexibility index (Phi) is 4.21. The first-order chi connectivity index (χ1) is 8.16. The first-order valence-corrected chi connectivity index (χ1v) is 6.83. The van der Waals surface area contributed by atoms with Gasteiger partial charge in [0.25, 0.3) is 0 Å². The minimum atomic E-state index is 0.228. The van der Waals surface area contributed by atoms with Crippen LogP contribution in [0, 0.1) is 5.92 Å². The van der Waals surface area contributed by atoms with Crippen LogP contribution in [-0.4, -0.2) is 36.5 Å². The molecule has 2 fully saturated rings. The number of hydrogen-bond acceptors (Lipinski definition) is 2. The van der Waals surface area contributed by atoms with Crippen molar-refractivity contribution in [2.45, 2.75) is 45.6 Å². The summed E-state index contributed by atoms with van der Waals surface area (Å²) in [6.07, 6.45) is 6.62. The van der Waals surface area contributed by atoms with Gasteiger partial charge in [-0.2, -0.15) is 0 Å². The molecule has 1 aliphatic carbocycles. The van der Waals surface area contributed by atoms with Gasteiger partial charge in [-0.15, -0.1) is 0 Å². The number of carbonyl (C=O) groups is 1. The Balaban J connectivity index is 1.92. The third-order valence-corrected chi connectivity index (χ3v) is 3.60. The van der Waals surface area contributed by atoms with Gasteiger partial charge in [-0.1, -0.05) is 5.57 Å². The molecule has 3 nitrogen and oxygen atoms in total. The fourth-order valence-electron chi connectivity index (χ4n) is 2.48. The molecule has 2 aliphatic rings.